The Morgan fingerprint density at radius 1 is 1.19 bits per heavy atom. The molecule has 0 aromatic carbocycles. The van der Waals surface area contributed by atoms with Crippen LogP contribution in [0.4, 0.5) is 0 Å². The van der Waals surface area contributed by atoms with Crippen molar-refractivity contribution in [3.05, 3.63) is 0 Å². The lowest BCUT2D eigenvalue weighted by molar-refractivity contribution is 0.231. The first kappa shape index (κ1) is 16.6. The van der Waals surface area contributed by atoms with Crippen LogP contribution in [0.2, 0.25) is 0 Å². The Morgan fingerprint density at radius 3 is 2.62 bits per heavy atom. The number of hydrogen-bond acceptors (Lipinski definition) is 2. The minimum absolute atomic E-state index is 0.637. The molecular formula is C17H34N4. The molecule has 2 N–H and O–H groups in total. The summed E-state index contributed by atoms with van der Waals surface area (Å²) in [6.07, 6.45) is 7.96. The van der Waals surface area contributed by atoms with E-state index in [-0.39, 0.29) is 0 Å². The van der Waals surface area contributed by atoms with E-state index >= 15 is 0 Å². The summed E-state index contributed by atoms with van der Waals surface area (Å²) in [5.74, 6) is 1.78. The highest BCUT2D eigenvalue weighted by Gasteiger charge is 2.24. The maximum absolute atomic E-state index is 4.87. The third-order valence-electron chi connectivity index (χ3n) is 4.60. The summed E-state index contributed by atoms with van der Waals surface area (Å²) in [6, 6.07) is 1.28. The molecule has 2 aliphatic rings. The summed E-state index contributed by atoms with van der Waals surface area (Å²) >= 11 is 0. The van der Waals surface area contributed by atoms with E-state index in [1.807, 2.05) is 0 Å². The Hall–Kier alpha value is -0.770. The fourth-order valence-electron chi connectivity index (χ4n) is 3.59. The predicted octanol–water partition coefficient (Wildman–Crippen LogP) is 2.60. The molecule has 2 fully saturated rings. The molecule has 4 heteroatoms. The number of nitrogens with zero attached hydrogens (tertiary/aromatic N) is 2. The van der Waals surface area contributed by atoms with Gasteiger partial charge in [0.2, 0.25) is 0 Å². The van der Waals surface area contributed by atoms with E-state index in [1.54, 1.807) is 0 Å². The van der Waals surface area contributed by atoms with E-state index in [4.69, 9.17) is 4.99 Å². The standard InChI is InChI=1S/C17H34N4/c1-4-18-17(20-15-8-5-6-9-15)19-12-16-10-7-11-21(16)13-14(2)3/h14-16H,4-13H2,1-3H3,(H2,18,19,20)/t16-/m1/s1. The summed E-state index contributed by atoms with van der Waals surface area (Å²) in [5.41, 5.74) is 0. The fraction of sp³-hybridized carbons (Fsp3) is 0.941. The Bertz CT molecular complexity index is 321. The van der Waals surface area contributed by atoms with Gasteiger partial charge in [0.25, 0.3) is 0 Å². The van der Waals surface area contributed by atoms with E-state index in [1.165, 1.54) is 51.6 Å². The summed E-state index contributed by atoms with van der Waals surface area (Å²) in [7, 11) is 0. The first-order valence-corrected chi connectivity index (χ1v) is 8.98. The summed E-state index contributed by atoms with van der Waals surface area (Å²) in [5, 5.41) is 7.03. The number of hydrogen-bond donors (Lipinski definition) is 2. The molecule has 1 saturated heterocycles. The fourth-order valence-corrected chi connectivity index (χ4v) is 3.59. The van der Waals surface area contributed by atoms with Gasteiger partial charge < -0.3 is 10.6 Å². The SMILES string of the molecule is CCNC(=NC[C@H]1CCCN1CC(C)C)NC1CCCC1. The number of aliphatic imine (C=N–C) groups is 1. The second kappa shape index (κ2) is 8.62. The van der Waals surface area contributed by atoms with E-state index < -0.39 is 0 Å². The molecule has 1 aliphatic heterocycles. The second-order valence-electron chi connectivity index (χ2n) is 7.03. The van der Waals surface area contributed by atoms with Crippen LogP contribution in [0.1, 0.15) is 59.3 Å². The molecule has 0 unspecified atom stereocenters. The molecule has 0 spiro atoms. The molecule has 4 nitrogen and oxygen atoms in total. The zero-order chi connectivity index (χ0) is 15.1. The van der Waals surface area contributed by atoms with Crippen molar-refractivity contribution >= 4 is 5.96 Å². The van der Waals surface area contributed by atoms with Crippen LogP contribution >= 0.6 is 0 Å². The number of guanidine groups is 1. The van der Waals surface area contributed by atoms with Gasteiger partial charge in [0.15, 0.2) is 5.96 Å². The number of likely N-dealkylation sites (tertiary alicyclic amines) is 1. The maximum Gasteiger partial charge on any atom is 0.191 e. The maximum atomic E-state index is 4.87. The van der Waals surface area contributed by atoms with Gasteiger partial charge in [-0.15, -0.1) is 0 Å². The summed E-state index contributed by atoms with van der Waals surface area (Å²) < 4.78 is 0. The van der Waals surface area contributed by atoms with Crippen LogP contribution in [0.5, 0.6) is 0 Å². The summed E-state index contributed by atoms with van der Waals surface area (Å²) in [4.78, 5) is 7.50. The van der Waals surface area contributed by atoms with Gasteiger partial charge in [0.1, 0.15) is 0 Å². The molecule has 0 radical (unpaired) electrons. The highest BCUT2D eigenvalue weighted by molar-refractivity contribution is 5.80. The largest absolute Gasteiger partial charge is 0.357 e. The third kappa shape index (κ3) is 5.50. The first-order chi connectivity index (χ1) is 10.2. The monoisotopic (exact) mass is 294 g/mol. The van der Waals surface area contributed by atoms with Crippen LogP contribution in [0.15, 0.2) is 4.99 Å². The lowest BCUT2D eigenvalue weighted by atomic mass is 10.2. The van der Waals surface area contributed by atoms with Gasteiger partial charge in [-0.05, 0) is 45.1 Å². The second-order valence-corrected chi connectivity index (χ2v) is 7.03. The molecule has 0 bridgehead atoms. The predicted molar refractivity (Wildman–Crippen MR) is 90.8 cm³/mol. The van der Waals surface area contributed by atoms with Crippen molar-refractivity contribution < 1.29 is 0 Å². The van der Waals surface area contributed by atoms with E-state index in [0.29, 0.717) is 12.1 Å². The third-order valence-corrected chi connectivity index (χ3v) is 4.60. The van der Waals surface area contributed by atoms with Crippen LogP contribution in [0, 0.1) is 5.92 Å². The van der Waals surface area contributed by atoms with E-state index in [2.05, 4.69) is 36.3 Å². The van der Waals surface area contributed by atoms with Gasteiger partial charge in [-0.25, -0.2) is 0 Å². The normalized spacial score (nSPS) is 25.0. The molecule has 1 saturated carbocycles. The van der Waals surface area contributed by atoms with Gasteiger partial charge in [0, 0.05) is 25.2 Å². The molecule has 1 aliphatic carbocycles. The molecule has 122 valence electrons. The van der Waals surface area contributed by atoms with Gasteiger partial charge in [0.05, 0.1) is 6.54 Å². The van der Waals surface area contributed by atoms with Crippen molar-refractivity contribution in [2.45, 2.75) is 71.4 Å². The Balaban J connectivity index is 1.85. The van der Waals surface area contributed by atoms with Crippen LogP contribution in [-0.4, -0.2) is 49.1 Å². The molecule has 1 heterocycles. The van der Waals surface area contributed by atoms with Crippen LogP contribution in [0.3, 0.4) is 0 Å². The molecular weight excluding hydrogens is 260 g/mol. The number of rotatable bonds is 6. The van der Waals surface area contributed by atoms with E-state index in [0.717, 1.165) is 25.0 Å². The Kier molecular flexibility index (Phi) is 6.81. The molecule has 1 atom stereocenters. The van der Waals surface area contributed by atoms with Crippen LogP contribution < -0.4 is 10.6 Å². The van der Waals surface area contributed by atoms with Crippen molar-refractivity contribution in [2.75, 3.05) is 26.2 Å². The lowest BCUT2D eigenvalue weighted by Crippen LogP contribution is -2.43. The van der Waals surface area contributed by atoms with Gasteiger partial charge >= 0.3 is 0 Å². The smallest absolute Gasteiger partial charge is 0.191 e. The molecule has 0 amide bonds. The highest BCUT2D eigenvalue weighted by atomic mass is 15.2. The zero-order valence-corrected chi connectivity index (χ0v) is 14.2. The summed E-state index contributed by atoms with van der Waals surface area (Å²) in [6.45, 7) is 11.1. The van der Waals surface area contributed by atoms with Crippen LogP contribution in [0.25, 0.3) is 0 Å². The van der Waals surface area contributed by atoms with Gasteiger partial charge in [-0.2, -0.15) is 0 Å². The minimum atomic E-state index is 0.637. The number of nitrogens with one attached hydrogen (secondary N) is 2. The van der Waals surface area contributed by atoms with Gasteiger partial charge in [-0.1, -0.05) is 26.7 Å². The van der Waals surface area contributed by atoms with Crippen molar-refractivity contribution in [1.82, 2.24) is 15.5 Å². The molecule has 21 heavy (non-hydrogen) atoms. The lowest BCUT2D eigenvalue weighted by Gasteiger charge is -2.25. The molecule has 0 aromatic rings. The first-order valence-electron chi connectivity index (χ1n) is 8.98. The van der Waals surface area contributed by atoms with E-state index in [9.17, 15) is 0 Å². The Labute approximate surface area is 130 Å². The topological polar surface area (TPSA) is 39.7 Å². The van der Waals surface area contributed by atoms with Crippen molar-refractivity contribution in [3.8, 4) is 0 Å². The average Bonchev–Trinajstić information content (AvgIpc) is 3.07. The Morgan fingerprint density at radius 2 is 1.95 bits per heavy atom. The average molecular weight is 294 g/mol. The highest BCUT2D eigenvalue weighted by Crippen LogP contribution is 2.19. The zero-order valence-electron chi connectivity index (χ0n) is 14.2. The molecule has 0 aromatic heterocycles. The minimum Gasteiger partial charge on any atom is -0.357 e. The van der Waals surface area contributed by atoms with Gasteiger partial charge in [-0.3, -0.25) is 9.89 Å². The quantitative estimate of drug-likeness (QED) is 0.584. The van der Waals surface area contributed by atoms with Crippen molar-refractivity contribution in [2.24, 2.45) is 10.9 Å². The van der Waals surface area contributed by atoms with Crippen molar-refractivity contribution in [1.29, 1.82) is 0 Å². The molecule has 2 rings (SSSR count). The van der Waals surface area contributed by atoms with Crippen LogP contribution in [-0.2, 0) is 0 Å². The van der Waals surface area contributed by atoms with Crippen molar-refractivity contribution in [3.63, 3.8) is 0 Å².